The summed E-state index contributed by atoms with van der Waals surface area (Å²) in [6.07, 6.45) is 1.49. The van der Waals surface area contributed by atoms with Gasteiger partial charge < -0.3 is 14.6 Å². The smallest absolute Gasteiger partial charge is 0.293 e. The molecule has 6 nitrogen and oxygen atoms in total. The summed E-state index contributed by atoms with van der Waals surface area (Å²) in [6, 6.07) is 14.1. The molecular weight excluding hydrogens is 354 g/mol. The maximum Gasteiger partial charge on any atom is 0.293 e. The summed E-state index contributed by atoms with van der Waals surface area (Å²) in [5.41, 5.74) is 0.412. The molecule has 0 aromatic heterocycles. The Morgan fingerprint density at radius 1 is 1.12 bits per heavy atom. The molecule has 0 saturated carbocycles. The molecule has 0 aliphatic carbocycles. The molecule has 2 aromatic carbocycles. The molecule has 1 aliphatic rings. The maximum atomic E-state index is 12.5. The minimum absolute atomic E-state index is 0.0748. The van der Waals surface area contributed by atoms with Crippen LogP contribution in [0.4, 0.5) is 4.79 Å². The summed E-state index contributed by atoms with van der Waals surface area (Å²) in [4.78, 5) is 26.0. The molecule has 0 bridgehead atoms. The van der Waals surface area contributed by atoms with Gasteiger partial charge in [-0.15, -0.1) is 0 Å². The normalized spacial score (nSPS) is 15.6. The van der Waals surface area contributed by atoms with Crippen LogP contribution in [0, 0.1) is 0 Å². The third-order valence-electron chi connectivity index (χ3n) is 3.74. The van der Waals surface area contributed by atoms with Gasteiger partial charge in [-0.2, -0.15) is 0 Å². The molecule has 3 rings (SSSR count). The molecule has 0 atom stereocenters. The van der Waals surface area contributed by atoms with E-state index in [1.165, 1.54) is 13.2 Å². The zero-order valence-electron chi connectivity index (χ0n) is 14.0. The standard InChI is InChI=1S/C19H17NO5S/c1-24-15-9-5-6-13(17(15)21)12-16-18(22)20(19(23)26-16)10-11-25-14-7-3-2-4-8-14/h2-9,12,21H,10-11H2,1H3/b16-12-. The number of phenolic OH excluding ortho intramolecular Hbond substituents is 1. The highest BCUT2D eigenvalue weighted by molar-refractivity contribution is 8.18. The Balaban J connectivity index is 1.68. The molecule has 1 aliphatic heterocycles. The van der Waals surface area contributed by atoms with Crippen molar-refractivity contribution in [3.63, 3.8) is 0 Å². The van der Waals surface area contributed by atoms with E-state index < -0.39 is 5.91 Å². The fourth-order valence-corrected chi connectivity index (χ4v) is 3.28. The second-order valence-electron chi connectivity index (χ2n) is 5.39. The van der Waals surface area contributed by atoms with Gasteiger partial charge in [0.15, 0.2) is 11.5 Å². The van der Waals surface area contributed by atoms with Crippen LogP contribution in [-0.2, 0) is 4.79 Å². The Morgan fingerprint density at radius 2 is 1.88 bits per heavy atom. The van der Waals surface area contributed by atoms with Crippen LogP contribution in [0.2, 0.25) is 0 Å². The van der Waals surface area contributed by atoms with Crippen LogP contribution in [-0.4, -0.2) is 41.4 Å². The number of nitrogens with zero attached hydrogens (tertiary/aromatic N) is 1. The first-order valence-electron chi connectivity index (χ1n) is 7.89. The Bertz CT molecular complexity index is 850. The highest BCUT2D eigenvalue weighted by atomic mass is 32.2. The van der Waals surface area contributed by atoms with E-state index >= 15 is 0 Å². The van der Waals surface area contributed by atoms with Gasteiger partial charge in [0.05, 0.1) is 18.6 Å². The number of benzene rings is 2. The van der Waals surface area contributed by atoms with Gasteiger partial charge in [-0.1, -0.05) is 30.3 Å². The number of methoxy groups -OCH3 is 1. The zero-order valence-corrected chi connectivity index (χ0v) is 14.9. The third-order valence-corrected chi connectivity index (χ3v) is 4.64. The van der Waals surface area contributed by atoms with E-state index in [0.29, 0.717) is 17.1 Å². The number of rotatable bonds is 6. The first kappa shape index (κ1) is 17.9. The topological polar surface area (TPSA) is 76.1 Å². The number of thioether (sulfide) groups is 1. The van der Waals surface area contributed by atoms with E-state index in [9.17, 15) is 14.7 Å². The highest BCUT2D eigenvalue weighted by Crippen LogP contribution is 2.36. The molecule has 1 saturated heterocycles. The molecule has 7 heteroatoms. The number of carbonyl (C=O) groups is 2. The van der Waals surface area contributed by atoms with Gasteiger partial charge in [0, 0.05) is 5.56 Å². The van der Waals surface area contributed by atoms with Crippen LogP contribution >= 0.6 is 11.8 Å². The van der Waals surface area contributed by atoms with Crippen LogP contribution in [0.5, 0.6) is 17.2 Å². The predicted molar refractivity (Wildman–Crippen MR) is 99.3 cm³/mol. The lowest BCUT2D eigenvalue weighted by Crippen LogP contribution is -2.32. The molecule has 2 amide bonds. The molecule has 1 fully saturated rings. The minimum Gasteiger partial charge on any atom is -0.504 e. The van der Waals surface area contributed by atoms with Crippen molar-refractivity contribution in [2.75, 3.05) is 20.3 Å². The zero-order chi connectivity index (χ0) is 18.5. The number of carbonyl (C=O) groups excluding carboxylic acids is 2. The van der Waals surface area contributed by atoms with Crippen molar-refractivity contribution >= 4 is 29.0 Å². The lowest BCUT2D eigenvalue weighted by Gasteiger charge is -2.13. The minimum atomic E-state index is -0.404. The number of amides is 2. The quantitative estimate of drug-likeness (QED) is 0.783. The lowest BCUT2D eigenvalue weighted by molar-refractivity contribution is -0.123. The van der Waals surface area contributed by atoms with Crippen molar-refractivity contribution < 1.29 is 24.2 Å². The summed E-state index contributed by atoms with van der Waals surface area (Å²) in [6.45, 7) is 0.362. The summed E-state index contributed by atoms with van der Waals surface area (Å²) in [5, 5.41) is 9.77. The van der Waals surface area contributed by atoms with Crippen molar-refractivity contribution in [1.29, 1.82) is 0 Å². The summed E-state index contributed by atoms with van der Waals surface area (Å²) in [5.74, 6) is 0.499. The molecule has 2 aromatic rings. The Morgan fingerprint density at radius 3 is 2.62 bits per heavy atom. The molecule has 0 radical (unpaired) electrons. The predicted octanol–water partition coefficient (Wildman–Crippen LogP) is 3.52. The molecule has 26 heavy (non-hydrogen) atoms. The van der Waals surface area contributed by atoms with Crippen LogP contribution in [0.15, 0.2) is 53.4 Å². The fraction of sp³-hybridized carbons (Fsp3) is 0.158. The summed E-state index contributed by atoms with van der Waals surface area (Å²) >= 11 is 0.836. The van der Waals surface area contributed by atoms with Crippen LogP contribution in [0.25, 0.3) is 6.08 Å². The number of phenols is 1. The van der Waals surface area contributed by atoms with Crippen molar-refractivity contribution in [1.82, 2.24) is 4.90 Å². The van der Waals surface area contributed by atoms with E-state index in [2.05, 4.69) is 0 Å². The van der Waals surface area contributed by atoms with Crippen molar-refractivity contribution in [2.24, 2.45) is 0 Å². The molecule has 0 unspecified atom stereocenters. The van der Waals surface area contributed by atoms with E-state index in [0.717, 1.165) is 16.7 Å². The second-order valence-corrected chi connectivity index (χ2v) is 6.39. The number of para-hydroxylation sites is 2. The first-order chi connectivity index (χ1) is 12.6. The molecular formula is C19H17NO5S. The highest BCUT2D eigenvalue weighted by Gasteiger charge is 2.35. The molecule has 1 N–H and O–H groups in total. The molecule has 0 spiro atoms. The van der Waals surface area contributed by atoms with Crippen LogP contribution in [0.1, 0.15) is 5.56 Å². The Labute approximate surface area is 155 Å². The van der Waals surface area contributed by atoms with E-state index in [-0.39, 0.29) is 29.0 Å². The number of aromatic hydroxyl groups is 1. The van der Waals surface area contributed by atoms with Crippen LogP contribution in [0.3, 0.4) is 0 Å². The first-order valence-corrected chi connectivity index (χ1v) is 8.71. The SMILES string of the molecule is COc1cccc(/C=C2\SC(=O)N(CCOc3ccccc3)C2=O)c1O. The van der Waals surface area contributed by atoms with E-state index in [4.69, 9.17) is 9.47 Å². The summed E-state index contributed by atoms with van der Waals surface area (Å²) < 4.78 is 10.6. The number of hydrogen-bond acceptors (Lipinski definition) is 6. The fourth-order valence-electron chi connectivity index (χ4n) is 2.43. The van der Waals surface area contributed by atoms with Crippen molar-refractivity contribution in [2.45, 2.75) is 0 Å². The van der Waals surface area contributed by atoms with Gasteiger partial charge >= 0.3 is 0 Å². The molecule has 134 valence electrons. The van der Waals surface area contributed by atoms with E-state index in [1.807, 2.05) is 18.2 Å². The number of ether oxygens (including phenoxy) is 2. The summed E-state index contributed by atoms with van der Waals surface area (Å²) in [7, 11) is 1.44. The monoisotopic (exact) mass is 371 g/mol. The van der Waals surface area contributed by atoms with Gasteiger partial charge in [-0.25, -0.2) is 0 Å². The van der Waals surface area contributed by atoms with E-state index in [1.54, 1.807) is 30.3 Å². The van der Waals surface area contributed by atoms with Gasteiger partial charge in [0.25, 0.3) is 11.1 Å². The largest absolute Gasteiger partial charge is 0.504 e. The second kappa shape index (κ2) is 7.97. The average Bonchev–Trinajstić information content (AvgIpc) is 2.92. The van der Waals surface area contributed by atoms with Gasteiger partial charge in [0.2, 0.25) is 0 Å². The Kier molecular flexibility index (Phi) is 5.48. The third kappa shape index (κ3) is 3.83. The number of hydrogen-bond donors (Lipinski definition) is 1. The maximum absolute atomic E-state index is 12.5. The van der Waals surface area contributed by atoms with Gasteiger partial charge in [0.1, 0.15) is 12.4 Å². The van der Waals surface area contributed by atoms with Gasteiger partial charge in [-0.05, 0) is 36.0 Å². The average molecular weight is 371 g/mol. The Hall–Kier alpha value is -2.93. The molecule has 1 heterocycles. The van der Waals surface area contributed by atoms with Gasteiger partial charge in [-0.3, -0.25) is 14.5 Å². The van der Waals surface area contributed by atoms with Crippen molar-refractivity contribution in [3.05, 3.63) is 59.0 Å². The number of imide groups is 1. The van der Waals surface area contributed by atoms with Crippen molar-refractivity contribution in [3.8, 4) is 17.2 Å². The van der Waals surface area contributed by atoms with Crippen LogP contribution < -0.4 is 9.47 Å². The lowest BCUT2D eigenvalue weighted by atomic mass is 10.1.